The molecule has 0 amide bonds. The summed E-state index contributed by atoms with van der Waals surface area (Å²) in [5, 5.41) is 0. The number of carbonyl (C=O) groups is 1. The van der Waals surface area contributed by atoms with Gasteiger partial charge in [-0.2, -0.15) is 0 Å². The summed E-state index contributed by atoms with van der Waals surface area (Å²) >= 11 is 0. The van der Waals surface area contributed by atoms with Crippen LogP contribution in [0.2, 0.25) is 0 Å². The molecule has 0 N–H and O–H groups in total. The standard InChI is InChI=1S/C15H17NO2/c1-10(2)8-14-16-13(15(17)18-14)9-12-7-5-4-6-11(12)3/h4-7,9-10H,8H2,1-3H3/b13-9-. The van der Waals surface area contributed by atoms with Gasteiger partial charge in [-0.15, -0.1) is 0 Å². The lowest BCUT2D eigenvalue weighted by Crippen LogP contribution is -2.06. The molecule has 3 nitrogen and oxygen atoms in total. The van der Waals surface area contributed by atoms with Crippen LogP contribution in [0, 0.1) is 12.8 Å². The number of hydrogen-bond acceptors (Lipinski definition) is 3. The van der Waals surface area contributed by atoms with Crippen LogP contribution in [0.5, 0.6) is 0 Å². The number of rotatable bonds is 3. The molecule has 0 saturated carbocycles. The highest BCUT2D eigenvalue weighted by Crippen LogP contribution is 2.20. The number of cyclic esters (lactones) is 1. The first-order valence-corrected chi connectivity index (χ1v) is 6.13. The number of carbonyl (C=O) groups excluding carboxylic acids is 1. The van der Waals surface area contributed by atoms with Crippen molar-refractivity contribution < 1.29 is 9.53 Å². The van der Waals surface area contributed by atoms with Crippen molar-refractivity contribution in [3.05, 3.63) is 41.1 Å². The Balaban J connectivity index is 2.26. The zero-order valence-corrected chi connectivity index (χ0v) is 10.9. The highest BCUT2D eigenvalue weighted by atomic mass is 16.6. The molecule has 94 valence electrons. The van der Waals surface area contributed by atoms with Gasteiger partial charge in [0.2, 0.25) is 0 Å². The van der Waals surface area contributed by atoms with Gasteiger partial charge in [-0.25, -0.2) is 9.79 Å². The van der Waals surface area contributed by atoms with Gasteiger partial charge in [0.15, 0.2) is 11.6 Å². The fourth-order valence-electron chi connectivity index (χ4n) is 1.79. The molecular formula is C15H17NO2. The lowest BCUT2D eigenvalue weighted by molar-refractivity contribution is -0.130. The number of hydrogen-bond donors (Lipinski definition) is 0. The Labute approximate surface area is 107 Å². The van der Waals surface area contributed by atoms with E-state index in [4.69, 9.17) is 4.74 Å². The number of benzene rings is 1. The maximum Gasteiger partial charge on any atom is 0.363 e. The van der Waals surface area contributed by atoms with E-state index in [0.717, 1.165) is 11.1 Å². The molecule has 1 aromatic carbocycles. The van der Waals surface area contributed by atoms with Crippen LogP contribution in [-0.2, 0) is 9.53 Å². The number of ether oxygens (including phenoxy) is 1. The normalized spacial score (nSPS) is 17.2. The highest BCUT2D eigenvalue weighted by molar-refractivity contribution is 6.07. The van der Waals surface area contributed by atoms with Gasteiger partial charge in [0, 0.05) is 6.42 Å². The maximum atomic E-state index is 11.7. The first kappa shape index (κ1) is 12.6. The Kier molecular flexibility index (Phi) is 3.60. The van der Waals surface area contributed by atoms with Gasteiger partial charge in [0.05, 0.1) is 0 Å². The molecule has 0 bridgehead atoms. The van der Waals surface area contributed by atoms with Crippen molar-refractivity contribution in [1.29, 1.82) is 0 Å². The molecule has 3 heteroatoms. The number of nitrogens with zero attached hydrogens (tertiary/aromatic N) is 1. The third-order valence-corrected chi connectivity index (χ3v) is 2.73. The van der Waals surface area contributed by atoms with E-state index in [1.54, 1.807) is 6.08 Å². The molecule has 0 aliphatic carbocycles. The van der Waals surface area contributed by atoms with Gasteiger partial charge in [-0.1, -0.05) is 38.1 Å². The Bertz CT molecular complexity index is 527. The third kappa shape index (κ3) is 2.86. The van der Waals surface area contributed by atoms with E-state index >= 15 is 0 Å². The minimum absolute atomic E-state index is 0.353. The van der Waals surface area contributed by atoms with Crippen LogP contribution >= 0.6 is 0 Å². The summed E-state index contributed by atoms with van der Waals surface area (Å²) in [5.74, 6) is 0.595. The third-order valence-electron chi connectivity index (χ3n) is 2.73. The summed E-state index contributed by atoms with van der Waals surface area (Å²) in [6, 6.07) is 7.88. The molecule has 1 aliphatic rings. The van der Waals surface area contributed by atoms with E-state index in [2.05, 4.69) is 18.8 Å². The number of aryl methyl sites for hydroxylation is 1. The van der Waals surface area contributed by atoms with E-state index in [9.17, 15) is 4.79 Å². The second-order valence-corrected chi connectivity index (χ2v) is 4.88. The first-order chi connectivity index (χ1) is 8.56. The quantitative estimate of drug-likeness (QED) is 0.603. The molecule has 0 spiro atoms. The van der Waals surface area contributed by atoms with Crippen molar-refractivity contribution in [1.82, 2.24) is 0 Å². The molecule has 18 heavy (non-hydrogen) atoms. The molecule has 0 atom stereocenters. The van der Waals surface area contributed by atoms with Crippen LogP contribution in [0.25, 0.3) is 6.08 Å². The lowest BCUT2D eigenvalue weighted by Gasteiger charge is -2.01. The fraction of sp³-hybridized carbons (Fsp3) is 0.333. The van der Waals surface area contributed by atoms with Crippen molar-refractivity contribution in [2.24, 2.45) is 10.9 Å². The Hall–Kier alpha value is -1.90. The molecule has 0 fully saturated rings. The predicted molar refractivity (Wildman–Crippen MR) is 72.1 cm³/mol. The van der Waals surface area contributed by atoms with Gasteiger partial charge in [-0.05, 0) is 30.0 Å². The number of esters is 1. The average molecular weight is 243 g/mol. The van der Waals surface area contributed by atoms with Crippen LogP contribution in [0.4, 0.5) is 0 Å². The van der Waals surface area contributed by atoms with Crippen molar-refractivity contribution in [2.75, 3.05) is 0 Å². The summed E-state index contributed by atoms with van der Waals surface area (Å²) in [7, 11) is 0. The van der Waals surface area contributed by atoms with Gasteiger partial charge >= 0.3 is 5.97 Å². The minimum Gasteiger partial charge on any atom is -0.407 e. The monoisotopic (exact) mass is 243 g/mol. The van der Waals surface area contributed by atoms with E-state index in [0.29, 0.717) is 23.9 Å². The average Bonchev–Trinajstić information content (AvgIpc) is 2.61. The van der Waals surface area contributed by atoms with Crippen molar-refractivity contribution >= 4 is 17.9 Å². The van der Waals surface area contributed by atoms with Crippen molar-refractivity contribution in [2.45, 2.75) is 27.2 Å². The lowest BCUT2D eigenvalue weighted by atomic mass is 10.1. The van der Waals surface area contributed by atoms with Crippen molar-refractivity contribution in [3.63, 3.8) is 0 Å². The largest absolute Gasteiger partial charge is 0.407 e. The molecule has 0 aromatic heterocycles. The van der Waals surface area contributed by atoms with Crippen LogP contribution in [0.15, 0.2) is 35.0 Å². The van der Waals surface area contributed by atoms with Gasteiger partial charge in [-0.3, -0.25) is 0 Å². The van der Waals surface area contributed by atoms with E-state index < -0.39 is 0 Å². The van der Waals surface area contributed by atoms with Crippen LogP contribution in [-0.4, -0.2) is 11.9 Å². The topological polar surface area (TPSA) is 38.7 Å². The molecule has 1 aromatic rings. The van der Waals surface area contributed by atoms with Gasteiger partial charge in [0.1, 0.15) is 0 Å². The minimum atomic E-state index is -0.353. The Morgan fingerprint density at radius 2 is 2.06 bits per heavy atom. The molecular weight excluding hydrogens is 226 g/mol. The van der Waals surface area contributed by atoms with E-state index in [1.165, 1.54) is 0 Å². The summed E-state index contributed by atoms with van der Waals surface area (Å²) in [5.41, 5.74) is 2.50. The Morgan fingerprint density at radius 3 is 2.72 bits per heavy atom. The second kappa shape index (κ2) is 5.17. The van der Waals surface area contributed by atoms with Crippen LogP contribution in [0.3, 0.4) is 0 Å². The summed E-state index contributed by atoms with van der Waals surface area (Å²) in [6.45, 7) is 6.14. The first-order valence-electron chi connectivity index (χ1n) is 6.13. The highest BCUT2D eigenvalue weighted by Gasteiger charge is 2.23. The van der Waals surface area contributed by atoms with E-state index in [1.807, 2.05) is 31.2 Å². The molecule has 0 saturated heterocycles. The SMILES string of the molecule is Cc1ccccc1/C=C1\N=C(CC(C)C)OC1=O. The zero-order chi connectivity index (χ0) is 13.1. The zero-order valence-electron chi connectivity index (χ0n) is 10.9. The molecule has 2 rings (SSSR count). The summed E-state index contributed by atoms with van der Waals surface area (Å²) < 4.78 is 5.14. The fourth-order valence-corrected chi connectivity index (χ4v) is 1.79. The Morgan fingerprint density at radius 1 is 1.33 bits per heavy atom. The summed E-state index contributed by atoms with van der Waals surface area (Å²) in [6.07, 6.45) is 2.47. The van der Waals surface area contributed by atoms with Crippen LogP contribution in [0.1, 0.15) is 31.4 Å². The maximum absolute atomic E-state index is 11.7. The van der Waals surface area contributed by atoms with Gasteiger partial charge in [0.25, 0.3) is 0 Å². The second-order valence-electron chi connectivity index (χ2n) is 4.88. The van der Waals surface area contributed by atoms with Crippen molar-refractivity contribution in [3.8, 4) is 0 Å². The number of aliphatic imine (C=N–C) groups is 1. The summed E-state index contributed by atoms with van der Waals surface area (Å²) in [4.78, 5) is 15.9. The molecule has 1 aliphatic heterocycles. The smallest absolute Gasteiger partial charge is 0.363 e. The predicted octanol–water partition coefficient (Wildman–Crippen LogP) is 3.34. The molecule has 1 heterocycles. The van der Waals surface area contributed by atoms with E-state index in [-0.39, 0.29) is 5.97 Å². The molecule has 0 radical (unpaired) electrons. The van der Waals surface area contributed by atoms with Gasteiger partial charge < -0.3 is 4.74 Å². The molecule has 0 unspecified atom stereocenters. The van der Waals surface area contributed by atoms with Crippen LogP contribution < -0.4 is 0 Å².